The van der Waals surface area contributed by atoms with Crippen molar-refractivity contribution in [1.29, 1.82) is 0 Å². The van der Waals surface area contributed by atoms with Gasteiger partial charge in [-0.2, -0.15) is 14.6 Å². The van der Waals surface area contributed by atoms with Crippen LogP contribution in [0.2, 0.25) is 0 Å². The molecular formula is C15H21N5. The fourth-order valence-corrected chi connectivity index (χ4v) is 4.13. The van der Waals surface area contributed by atoms with Gasteiger partial charge >= 0.3 is 0 Å². The van der Waals surface area contributed by atoms with Gasteiger partial charge in [0.2, 0.25) is 0 Å². The molecule has 2 aromatic heterocycles. The van der Waals surface area contributed by atoms with E-state index in [1.165, 1.54) is 37.1 Å². The van der Waals surface area contributed by atoms with Crippen molar-refractivity contribution >= 4 is 11.6 Å². The van der Waals surface area contributed by atoms with Crippen LogP contribution < -0.4 is 4.90 Å². The van der Waals surface area contributed by atoms with Gasteiger partial charge in [-0.1, -0.05) is 13.8 Å². The first kappa shape index (κ1) is 12.1. The number of hydrogen-bond donors (Lipinski definition) is 0. The molecule has 0 aromatic carbocycles. The highest BCUT2D eigenvalue weighted by Gasteiger charge is 2.42. The lowest BCUT2D eigenvalue weighted by atomic mass is 10.0. The second-order valence-electron chi connectivity index (χ2n) is 6.43. The molecule has 0 aliphatic carbocycles. The number of rotatable bonds is 2. The predicted molar refractivity (Wildman–Crippen MR) is 78.1 cm³/mol. The van der Waals surface area contributed by atoms with Gasteiger partial charge in [-0.05, 0) is 38.5 Å². The van der Waals surface area contributed by atoms with Crippen LogP contribution in [0.3, 0.4) is 0 Å². The minimum absolute atomic E-state index is 0.450. The Morgan fingerprint density at radius 3 is 2.40 bits per heavy atom. The van der Waals surface area contributed by atoms with E-state index < -0.39 is 0 Å². The number of aromatic nitrogens is 4. The second-order valence-corrected chi connectivity index (χ2v) is 6.43. The van der Waals surface area contributed by atoms with Gasteiger partial charge in [0.15, 0.2) is 0 Å². The molecule has 2 saturated heterocycles. The van der Waals surface area contributed by atoms with Crippen LogP contribution in [-0.4, -0.2) is 31.7 Å². The van der Waals surface area contributed by atoms with E-state index in [1.807, 2.05) is 4.52 Å². The van der Waals surface area contributed by atoms with E-state index in [0.717, 1.165) is 11.5 Å². The molecule has 0 spiro atoms. The quantitative estimate of drug-likeness (QED) is 0.842. The van der Waals surface area contributed by atoms with Crippen LogP contribution in [0.4, 0.5) is 5.82 Å². The zero-order chi connectivity index (χ0) is 13.9. The van der Waals surface area contributed by atoms with Crippen LogP contribution >= 0.6 is 0 Å². The fraction of sp³-hybridized carbons (Fsp3) is 0.667. The van der Waals surface area contributed by atoms with E-state index in [-0.39, 0.29) is 0 Å². The molecule has 2 aliphatic rings. The Labute approximate surface area is 119 Å². The van der Waals surface area contributed by atoms with Gasteiger partial charge in [-0.25, -0.2) is 4.98 Å². The predicted octanol–water partition coefficient (Wildman–Crippen LogP) is 2.69. The van der Waals surface area contributed by atoms with Crippen molar-refractivity contribution in [3.05, 3.63) is 17.6 Å². The minimum atomic E-state index is 0.450. The monoisotopic (exact) mass is 271 g/mol. The van der Waals surface area contributed by atoms with Crippen molar-refractivity contribution in [2.24, 2.45) is 0 Å². The Kier molecular flexibility index (Phi) is 2.53. The molecule has 0 saturated carbocycles. The highest BCUT2D eigenvalue weighted by atomic mass is 15.4. The molecule has 4 rings (SSSR count). The van der Waals surface area contributed by atoms with Crippen molar-refractivity contribution in [3.8, 4) is 0 Å². The maximum absolute atomic E-state index is 4.62. The van der Waals surface area contributed by atoms with Gasteiger partial charge in [0.05, 0.1) is 0 Å². The average Bonchev–Trinajstić information content (AvgIpc) is 3.11. The summed E-state index contributed by atoms with van der Waals surface area (Å²) in [7, 11) is 0. The van der Waals surface area contributed by atoms with E-state index in [9.17, 15) is 0 Å². The van der Waals surface area contributed by atoms with Gasteiger partial charge in [-0.3, -0.25) is 0 Å². The largest absolute Gasteiger partial charge is 0.350 e. The summed E-state index contributed by atoms with van der Waals surface area (Å²) in [4.78, 5) is 11.5. The molecule has 2 bridgehead atoms. The Hall–Kier alpha value is -1.65. The minimum Gasteiger partial charge on any atom is -0.350 e. The molecule has 5 heteroatoms. The summed E-state index contributed by atoms with van der Waals surface area (Å²) < 4.78 is 1.96. The first-order chi connectivity index (χ1) is 9.66. The lowest BCUT2D eigenvalue weighted by molar-refractivity contribution is 0.576. The zero-order valence-corrected chi connectivity index (χ0v) is 12.4. The van der Waals surface area contributed by atoms with E-state index in [2.05, 4.69) is 40.7 Å². The third-order valence-corrected chi connectivity index (χ3v) is 4.90. The number of anilines is 1. The molecule has 4 heterocycles. The van der Waals surface area contributed by atoms with Crippen molar-refractivity contribution < 1.29 is 0 Å². The topological polar surface area (TPSA) is 46.3 Å². The fourth-order valence-electron chi connectivity index (χ4n) is 4.13. The molecule has 5 nitrogen and oxygen atoms in total. The van der Waals surface area contributed by atoms with Crippen LogP contribution in [0.25, 0.3) is 5.78 Å². The van der Waals surface area contributed by atoms with Crippen molar-refractivity contribution in [1.82, 2.24) is 19.6 Å². The summed E-state index contributed by atoms with van der Waals surface area (Å²) in [6, 6.07) is 1.37. The molecule has 20 heavy (non-hydrogen) atoms. The van der Waals surface area contributed by atoms with Crippen LogP contribution in [0.5, 0.6) is 0 Å². The Bertz CT molecular complexity index is 640. The van der Waals surface area contributed by atoms with Crippen molar-refractivity contribution in [2.75, 3.05) is 4.90 Å². The molecule has 106 valence electrons. The molecule has 2 fully saturated rings. The van der Waals surface area contributed by atoms with Gasteiger partial charge in [0.1, 0.15) is 12.1 Å². The number of aryl methyl sites for hydroxylation is 1. The van der Waals surface area contributed by atoms with Gasteiger partial charge in [-0.15, -0.1) is 0 Å². The highest BCUT2D eigenvalue weighted by molar-refractivity contribution is 5.58. The summed E-state index contributed by atoms with van der Waals surface area (Å²) in [5.74, 6) is 2.43. The first-order valence-electron chi connectivity index (χ1n) is 7.65. The van der Waals surface area contributed by atoms with Crippen LogP contribution in [0.1, 0.15) is 56.7 Å². The smallest absolute Gasteiger partial charge is 0.254 e. The maximum atomic E-state index is 4.62. The van der Waals surface area contributed by atoms with Crippen molar-refractivity contribution in [3.63, 3.8) is 0 Å². The average molecular weight is 271 g/mol. The molecule has 0 radical (unpaired) electrons. The van der Waals surface area contributed by atoms with E-state index in [1.54, 1.807) is 6.33 Å². The SMILES string of the molecule is Cc1nc2ncnn2c(N2C3CCC2CC3)c1C(C)C. The van der Waals surface area contributed by atoms with E-state index >= 15 is 0 Å². The zero-order valence-electron chi connectivity index (χ0n) is 12.4. The Balaban J connectivity index is 2.00. The number of fused-ring (bicyclic) bond motifs is 3. The molecule has 0 N–H and O–H groups in total. The van der Waals surface area contributed by atoms with E-state index in [0.29, 0.717) is 18.0 Å². The summed E-state index contributed by atoms with van der Waals surface area (Å²) in [6.45, 7) is 6.59. The summed E-state index contributed by atoms with van der Waals surface area (Å²) in [5.41, 5.74) is 2.43. The van der Waals surface area contributed by atoms with Crippen molar-refractivity contribution in [2.45, 2.75) is 64.5 Å². The Morgan fingerprint density at radius 1 is 1.15 bits per heavy atom. The Morgan fingerprint density at radius 2 is 1.80 bits per heavy atom. The van der Waals surface area contributed by atoms with E-state index in [4.69, 9.17) is 0 Å². The molecular weight excluding hydrogens is 250 g/mol. The number of nitrogens with zero attached hydrogens (tertiary/aromatic N) is 5. The molecule has 2 aromatic rings. The van der Waals surface area contributed by atoms with Gasteiger partial charge in [0.25, 0.3) is 5.78 Å². The molecule has 2 aliphatic heterocycles. The highest BCUT2D eigenvalue weighted by Crippen LogP contribution is 2.43. The third-order valence-electron chi connectivity index (χ3n) is 4.90. The summed E-state index contributed by atoms with van der Waals surface area (Å²) in [6.07, 6.45) is 6.90. The first-order valence-corrected chi connectivity index (χ1v) is 7.65. The molecule has 0 amide bonds. The second kappa shape index (κ2) is 4.17. The third kappa shape index (κ3) is 1.52. The molecule has 0 unspecified atom stereocenters. The summed E-state index contributed by atoms with van der Waals surface area (Å²) >= 11 is 0. The lowest BCUT2D eigenvalue weighted by Gasteiger charge is -2.29. The summed E-state index contributed by atoms with van der Waals surface area (Å²) in [5, 5.41) is 4.45. The standard InChI is InChI=1S/C15H21N5/c1-9(2)13-10(3)18-15-16-8-17-20(15)14(13)19-11-4-5-12(19)7-6-11/h8-9,11-12H,4-7H2,1-3H3. The normalized spacial score (nSPS) is 25.3. The maximum Gasteiger partial charge on any atom is 0.254 e. The number of hydrogen-bond acceptors (Lipinski definition) is 4. The van der Waals surface area contributed by atoms with Crippen LogP contribution in [-0.2, 0) is 0 Å². The van der Waals surface area contributed by atoms with Crippen LogP contribution in [0, 0.1) is 6.92 Å². The molecule has 0 atom stereocenters. The van der Waals surface area contributed by atoms with Gasteiger partial charge < -0.3 is 4.90 Å². The van der Waals surface area contributed by atoms with Gasteiger partial charge in [0, 0.05) is 23.3 Å². The lowest BCUT2D eigenvalue weighted by Crippen LogP contribution is -2.32. The van der Waals surface area contributed by atoms with Crippen LogP contribution in [0.15, 0.2) is 6.33 Å².